The lowest BCUT2D eigenvalue weighted by molar-refractivity contribution is 0.0139. The summed E-state index contributed by atoms with van der Waals surface area (Å²) in [6, 6.07) is 5.06. The van der Waals surface area contributed by atoms with Gasteiger partial charge in [0, 0.05) is 25.7 Å². The van der Waals surface area contributed by atoms with E-state index < -0.39 is 10.0 Å². The molecule has 1 aromatic carbocycles. The van der Waals surface area contributed by atoms with Crippen LogP contribution in [-0.2, 0) is 10.0 Å². The highest BCUT2D eigenvalue weighted by molar-refractivity contribution is 7.88. The van der Waals surface area contributed by atoms with Gasteiger partial charge in [-0.3, -0.25) is 4.79 Å². The summed E-state index contributed by atoms with van der Waals surface area (Å²) in [6.45, 7) is 1.60. The van der Waals surface area contributed by atoms with E-state index in [9.17, 15) is 13.2 Å². The predicted octanol–water partition coefficient (Wildman–Crippen LogP) is 0.810. The summed E-state index contributed by atoms with van der Waals surface area (Å²) < 4.78 is 35.6. The van der Waals surface area contributed by atoms with Crippen LogP contribution in [0.1, 0.15) is 16.8 Å². The van der Waals surface area contributed by atoms with Crippen LogP contribution in [-0.4, -0.2) is 69.7 Å². The van der Waals surface area contributed by atoms with Crippen molar-refractivity contribution in [2.24, 2.45) is 5.92 Å². The second kappa shape index (κ2) is 6.25. The third kappa shape index (κ3) is 2.84. The van der Waals surface area contributed by atoms with Crippen molar-refractivity contribution in [3.63, 3.8) is 0 Å². The minimum atomic E-state index is -3.22. The largest absolute Gasteiger partial charge is 0.493 e. The summed E-state index contributed by atoms with van der Waals surface area (Å²) in [5.74, 6) is 1.08. The number of methoxy groups -OCH3 is 2. The second-order valence-electron chi connectivity index (χ2n) is 6.24. The Morgan fingerprint density at radius 3 is 2.58 bits per heavy atom. The highest BCUT2D eigenvalue weighted by Crippen LogP contribution is 2.36. The topological polar surface area (TPSA) is 76.2 Å². The number of hydrogen-bond acceptors (Lipinski definition) is 5. The first-order valence-electron chi connectivity index (χ1n) is 7.84. The van der Waals surface area contributed by atoms with Crippen LogP contribution in [0, 0.1) is 5.92 Å². The average Bonchev–Trinajstić information content (AvgIpc) is 2.53. The van der Waals surface area contributed by atoms with E-state index in [1.165, 1.54) is 24.8 Å². The summed E-state index contributed by atoms with van der Waals surface area (Å²) in [6.07, 6.45) is 2.03. The summed E-state index contributed by atoms with van der Waals surface area (Å²) in [5, 5.41) is 0. The van der Waals surface area contributed by atoms with Crippen molar-refractivity contribution in [1.82, 2.24) is 9.21 Å². The molecule has 2 unspecified atom stereocenters. The second-order valence-corrected chi connectivity index (χ2v) is 8.18. The van der Waals surface area contributed by atoms with Crippen LogP contribution >= 0.6 is 0 Å². The molecule has 0 bridgehead atoms. The lowest BCUT2D eigenvalue weighted by atomic mass is 9.84. The number of ether oxygens (including phenoxy) is 2. The van der Waals surface area contributed by atoms with Gasteiger partial charge in [0.1, 0.15) is 0 Å². The maximum Gasteiger partial charge on any atom is 0.257 e. The molecule has 2 atom stereocenters. The van der Waals surface area contributed by atoms with Crippen molar-refractivity contribution >= 4 is 15.9 Å². The van der Waals surface area contributed by atoms with Gasteiger partial charge >= 0.3 is 0 Å². The van der Waals surface area contributed by atoms with Crippen molar-refractivity contribution in [3.05, 3.63) is 23.8 Å². The summed E-state index contributed by atoms with van der Waals surface area (Å²) in [5.41, 5.74) is 0.431. The molecule has 24 heavy (non-hydrogen) atoms. The molecule has 2 fully saturated rings. The van der Waals surface area contributed by atoms with E-state index in [1.54, 1.807) is 23.1 Å². The molecular weight excluding hydrogens is 332 g/mol. The summed E-state index contributed by atoms with van der Waals surface area (Å²) in [4.78, 5) is 14.6. The van der Waals surface area contributed by atoms with Crippen LogP contribution in [0.4, 0.5) is 0 Å². The Kier molecular flexibility index (Phi) is 4.44. The maximum absolute atomic E-state index is 12.9. The standard InChI is InChI=1S/C16H22N2O5S/c1-22-14-6-4-5-12(15(14)23-2)16(19)17-8-7-11-9-18(13(11)10-17)24(3,20)21/h4-6,11,13H,7-10H2,1-3H3. The van der Waals surface area contributed by atoms with Gasteiger partial charge in [-0.05, 0) is 24.5 Å². The first-order chi connectivity index (χ1) is 11.4. The fourth-order valence-electron chi connectivity index (χ4n) is 3.54. The number of likely N-dealkylation sites (tertiary alicyclic amines) is 1. The van der Waals surface area contributed by atoms with E-state index in [2.05, 4.69) is 0 Å². The van der Waals surface area contributed by atoms with Gasteiger partial charge in [-0.25, -0.2) is 8.42 Å². The molecule has 8 heteroatoms. The van der Waals surface area contributed by atoms with E-state index in [4.69, 9.17) is 9.47 Å². The Labute approximate surface area is 142 Å². The Balaban J connectivity index is 1.82. The molecule has 0 radical (unpaired) electrons. The fraction of sp³-hybridized carbons (Fsp3) is 0.562. The van der Waals surface area contributed by atoms with E-state index >= 15 is 0 Å². The van der Waals surface area contributed by atoms with Crippen molar-refractivity contribution in [2.45, 2.75) is 12.5 Å². The normalized spacial score (nSPS) is 24.0. The molecule has 7 nitrogen and oxygen atoms in total. The van der Waals surface area contributed by atoms with Crippen LogP contribution in [0.5, 0.6) is 11.5 Å². The molecule has 0 aromatic heterocycles. The molecule has 132 valence electrons. The lowest BCUT2D eigenvalue weighted by Gasteiger charge is -2.51. The van der Waals surface area contributed by atoms with Crippen molar-refractivity contribution in [3.8, 4) is 11.5 Å². The quantitative estimate of drug-likeness (QED) is 0.800. The van der Waals surface area contributed by atoms with Gasteiger partial charge in [-0.15, -0.1) is 0 Å². The zero-order valence-corrected chi connectivity index (χ0v) is 14.9. The summed E-state index contributed by atoms with van der Waals surface area (Å²) in [7, 11) is -0.201. The zero-order valence-electron chi connectivity index (χ0n) is 14.1. The highest BCUT2D eigenvalue weighted by Gasteiger charge is 2.47. The van der Waals surface area contributed by atoms with Gasteiger partial charge in [0.15, 0.2) is 11.5 Å². The number of piperidine rings is 1. The Hall–Kier alpha value is -1.80. The molecule has 0 aliphatic carbocycles. The number of benzene rings is 1. The van der Waals surface area contributed by atoms with Gasteiger partial charge in [0.25, 0.3) is 5.91 Å². The smallest absolute Gasteiger partial charge is 0.257 e. The molecular formula is C16H22N2O5S. The van der Waals surface area contributed by atoms with Crippen molar-refractivity contribution in [2.75, 3.05) is 40.1 Å². The molecule has 1 amide bonds. The van der Waals surface area contributed by atoms with E-state index in [-0.39, 0.29) is 11.9 Å². The number of nitrogens with zero attached hydrogens (tertiary/aromatic N) is 2. The monoisotopic (exact) mass is 354 g/mol. The average molecular weight is 354 g/mol. The lowest BCUT2D eigenvalue weighted by Crippen LogP contribution is -2.65. The predicted molar refractivity (Wildman–Crippen MR) is 88.9 cm³/mol. The maximum atomic E-state index is 12.9. The number of rotatable bonds is 4. The number of para-hydroxylation sites is 1. The highest BCUT2D eigenvalue weighted by atomic mass is 32.2. The number of fused-ring (bicyclic) bond motifs is 1. The third-order valence-corrected chi connectivity index (χ3v) is 6.12. The van der Waals surface area contributed by atoms with Crippen molar-refractivity contribution < 1.29 is 22.7 Å². The number of amides is 1. The van der Waals surface area contributed by atoms with E-state index in [0.29, 0.717) is 42.6 Å². The first kappa shape index (κ1) is 17.0. The molecule has 1 aromatic rings. The van der Waals surface area contributed by atoms with E-state index in [0.717, 1.165) is 6.42 Å². The van der Waals surface area contributed by atoms with Crippen LogP contribution in [0.2, 0.25) is 0 Å². The van der Waals surface area contributed by atoms with Gasteiger partial charge in [-0.1, -0.05) is 6.07 Å². The Bertz CT molecular complexity index is 749. The van der Waals surface area contributed by atoms with Crippen LogP contribution in [0.15, 0.2) is 18.2 Å². The summed E-state index contributed by atoms with van der Waals surface area (Å²) >= 11 is 0. The number of carbonyl (C=O) groups is 1. The molecule has 3 rings (SSSR count). The minimum Gasteiger partial charge on any atom is -0.493 e. The number of carbonyl (C=O) groups excluding carboxylic acids is 1. The molecule has 2 saturated heterocycles. The molecule has 0 spiro atoms. The van der Waals surface area contributed by atoms with Gasteiger partial charge in [0.2, 0.25) is 10.0 Å². The van der Waals surface area contributed by atoms with E-state index in [1.807, 2.05) is 0 Å². The number of sulfonamides is 1. The minimum absolute atomic E-state index is 0.116. The van der Waals surface area contributed by atoms with Gasteiger partial charge in [0.05, 0.1) is 26.0 Å². The molecule has 2 aliphatic rings. The zero-order chi connectivity index (χ0) is 17.5. The molecule has 0 N–H and O–H groups in total. The molecule has 0 saturated carbocycles. The first-order valence-corrected chi connectivity index (χ1v) is 9.68. The molecule has 2 heterocycles. The number of hydrogen-bond donors (Lipinski definition) is 0. The van der Waals surface area contributed by atoms with Crippen LogP contribution in [0.25, 0.3) is 0 Å². The van der Waals surface area contributed by atoms with Crippen LogP contribution < -0.4 is 9.47 Å². The van der Waals surface area contributed by atoms with Gasteiger partial charge < -0.3 is 14.4 Å². The Morgan fingerprint density at radius 1 is 1.21 bits per heavy atom. The Morgan fingerprint density at radius 2 is 1.96 bits per heavy atom. The van der Waals surface area contributed by atoms with Crippen LogP contribution in [0.3, 0.4) is 0 Å². The van der Waals surface area contributed by atoms with Gasteiger partial charge in [-0.2, -0.15) is 4.31 Å². The third-order valence-electron chi connectivity index (χ3n) is 4.85. The SMILES string of the molecule is COc1cccc(C(=O)N2CCC3CN(S(C)(=O)=O)C3C2)c1OC. The molecule has 2 aliphatic heterocycles. The van der Waals surface area contributed by atoms with Crippen molar-refractivity contribution in [1.29, 1.82) is 0 Å². The fourth-order valence-corrected chi connectivity index (χ4v) is 4.73.